The summed E-state index contributed by atoms with van der Waals surface area (Å²) in [6.45, 7) is 11.9. The summed E-state index contributed by atoms with van der Waals surface area (Å²) in [6, 6.07) is 7.42. The quantitative estimate of drug-likeness (QED) is 0.702. The number of hydrogen-bond donors (Lipinski definition) is 1. The number of nitrogens with one attached hydrogen (secondary N) is 1. The van der Waals surface area contributed by atoms with Gasteiger partial charge in [-0.05, 0) is 56.4 Å². The summed E-state index contributed by atoms with van der Waals surface area (Å²) in [4.78, 5) is 19.2. The maximum Gasteiger partial charge on any atom is 0.220 e. The number of likely N-dealkylation sites (tertiary alicyclic amines) is 1. The summed E-state index contributed by atoms with van der Waals surface area (Å²) in [5.74, 6) is 2.69. The van der Waals surface area contributed by atoms with Crippen LogP contribution in [0.2, 0.25) is 5.02 Å². The SMILES string of the molecule is CC1CC(C)CN(C(C)(C)CNC(=O)CCc2ncc(-c3ccc(Cl)cc3)o2)C1. The zero-order valence-corrected chi connectivity index (χ0v) is 18.6. The van der Waals surface area contributed by atoms with Crippen LogP contribution in [0.4, 0.5) is 0 Å². The van der Waals surface area contributed by atoms with E-state index >= 15 is 0 Å². The summed E-state index contributed by atoms with van der Waals surface area (Å²) in [6.07, 6.45) is 3.83. The van der Waals surface area contributed by atoms with Crippen LogP contribution in [-0.2, 0) is 11.2 Å². The second kappa shape index (κ2) is 9.31. The van der Waals surface area contributed by atoms with Crippen molar-refractivity contribution in [3.05, 3.63) is 41.4 Å². The Hall–Kier alpha value is -1.85. The lowest BCUT2D eigenvalue weighted by Crippen LogP contribution is -2.56. The van der Waals surface area contributed by atoms with Gasteiger partial charge >= 0.3 is 0 Å². The van der Waals surface area contributed by atoms with Crippen molar-refractivity contribution in [2.45, 2.75) is 52.5 Å². The maximum atomic E-state index is 12.4. The van der Waals surface area contributed by atoms with Gasteiger partial charge in [0.05, 0.1) is 6.20 Å². The van der Waals surface area contributed by atoms with Gasteiger partial charge in [-0.1, -0.05) is 25.4 Å². The van der Waals surface area contributed by atoms with E-state index in [2.05, 4.69) is 42.9 Å². The molecule has 3 rings (SSSR count). The molecule has 1 aliphatic rings. The Morgan fingerprint density at radius 1 is 1.24 bits per heavy atom. The normalized spacial score (nSPS) is 20.6. The number of amides is 1. The molecule has 5 nitrogen and oxygen atoms in total. The monoisotopic (exact) mass is 417 g/mol. The van der Waals surface area contributed by atoms with Crippen LogP contribution in [0.1, 0.15) is 46.4 Å². The highest BCUT2D eigenvalue weighted by molar-refractivity contribution is 6.30. The van der Waals surface area contributed by atoms with E-state index in [9.17, 15) is 4.79 Å². The summed E-state index contributed by atoms with van der Waals surface area (Å²) < 4.78 is 5.78. The fraction of sp³-hybridized carbons (Fsp3) is 0.565. The molecule has 2 atom stereocenters. The number of nitrogens with zero attached hydrogens (tertiary/aromatic N) is 2. The van der Waals surface area contributed by atoms with Gasteiger partial charge in [-0.25, -0.2) is 4.98 Å². The molecule has 1 N–H and O–H groups in total. The van der Waals surface area contributed by atoms with Gasteiger partial charge in [-0.2, -0.15) is 0 Å². The van der Waals surface area contributed by atoms with Crippen molar-refractivity contribution < 1.29 is 9.21 Å². The lowest BCUT2D eigenvalue weighted by atomic mass is 9.88. The smallest absolute Gasteiger partial charge is 0.220 e. The van der Waals surface area contributed by atoms with Crippen LogP contribution < -0.4 is 5.32 Å². The van der Waals surface area contributed by atoms with Gasteiger partial charge in [0.25, 0.3) is 0 Å². The lowest BCUT2D eigenvalue weighted by molar-refractivity contribution is -0.121. The molecule has 0 saturated carbocycles. The highest BCUT2D eigenvalue weighted by atomic mass is 35.5. The molecule has 1 amide bonds. The van der Waals surface area contributed by atoms with E-state index in [-0.39, 0.29) is 11.4 Å². The van der Waals surface area contributed by atoms with Gasteiger partial charge < -0.3 is 9.73 Å². The second-order valence-electron chi connectivity index (χ2n) is 9.07. The van der Waals surface area contributed by atoms with Gasteiger partial charge in [0.2, 0.25) is 5.91 Å². The Bertz CT molecular complexity index is 806. The first kappa shape index (κ1) is 21.8. The van der Waals surface area contributed by atoms with E-state index in [1.54, 1.807) is 6.20 Å². The van der Waals surface area contributed by atoms with Crippen LogP contribution in [0.3, 0.4) is 0 Å². The minimum atomic E-state index is -0.0523. The molecule has 158 valence electrons. The Morgan fingerprint density at radius 3 is 2.55 bits per heavy atom. The molecule has 29 heavy (non-hydrogen) atoms. The zero-order valence-electron chi connectivity index (χ0n) is 17.9. The number of aryl methyl sites for hydroxylation is 1. The molecule has 1 aliphatic heterocycles. The summed E-state index contributed by atoms with van der Waals surface area (Å²) in [5.41, 5.74) is 0.868. The van der Waals surface area contributed by atoms with Crippen LogP contribution in [0.15, 0.2) is 34.9 Å². The Kier molecular flexibility index (Phi) is 7.01. The third-order valence-corrected chi connectivity index (χ3v) is 5.94. The standard InChI is InChI=1S/C23H32ClN3O2/c1-16-11-17(2)14-27(13-16)23(3,4)15-26-21(28)9-10-22-25-12-20(29-22)18-5-7-19(24)8-6-18/h5-8,12,16-17H,9-11,13-15H2,1-4H3,(H,26,28). The van der Waals surface area contributed by atoms with Gasteiger partial charge in [-0.15, -0.1) is 0 Å². The van der Waals surface area contributed by atoms with Gasteiger partial charge in [0, 0.05) is 48.6 Å². The number of carbonyl (C=O) groups is 1. The molecule has 0 bridgehead atoms. The molecule has 1 aromatic carbocycles. The van der Waals surface area contributed by atoms with Crippen LogP contribution >= 0.6 is 11.6 Å². The Morgan fingerprint density at radius 2 is 1.90 bits per heavy atom. The molecule has 1 saturated heterocycles. The third kappa shape index (κ3) is 6.06. The van der Waals surface area contributed by atoms with Crippen molar-refractivity contribution in [2.24, 2.45) is 11.8 Å². The third-order valence-electron chi connectivity index (χ3n) is 5.69. The fourth-order valence-electron chi connectivity index (χ4n) is 4.07. The number of piperidine rings is 1. The van der Waals surface area contributed by atoms with E-state index < -0.39 is 0 Å². The molecule has 1 fully saturated rings. The fourth-order valence-corrected chi connectivity index (χ4v) is 4.19. The van der Waals surface area contributed by atoms with E-state index in [1.165, 1.54) is 6.42 Å². The van der Waals surface area contributed by atoms with Crippen molar-refractivity contribution in [3.8, 4) is 11.3 Å². The molecule has 0 radical (unpaired) electrons. The van der Waals surface area contributed by atoms with Crippen molar-refractivity contribution in [1.82, 2.24) is 15.2 Å². The first-order chi connectivity index (χ1) is 13.7. The number of aromatic nitrogens is 1. The molecule has 0 spiro atoms. The largest absolute Gasteiger partial charge is 0.441 e. The summed E-state index contributed by atoms with van der Waals surface area (Å²) in [5, 5.41) is 3.78. The van der Waals surface area contributed by atoms with E-state index in [4.69, 9.17) is 16.0 Å². The van der Waals surface area contributed by atoms with Crippen LogP contribution in [0.5, 0.6) is 0 Å². The molecule has 2 unspecified atom stereocenters. The molecule has 2 aromatic rings. The maximum absolute atomic E-state index is 12.4. The molecule has 0 aliphatic carbocycles. The molecule has 6 heteroatoms. The molecule has 2 heterocycles. The highest BCUT2D eigenvalue weighted by Crippen LogP contribution is 2.27. The molecular weight excluding hydrogens is 386 g/mol. The second-order valence-corrected chi connectivity index (χ2v) is 9.50. The lowest BCUT2D eigenvalue weighted by Gasteiger charge is -2.45. The Balaban J connectivity index is 1.47. The molecule has 1 aromatic heterocycles. The minimum Gasteiger partial charge on any atom is -0.441 e. The predicted octanol–water partition coefficient (Wildman–Crippen LogP) is 4.80. The van der Waals surface area contributed by atoms with E-state index in [1.807, 2.05) is 24.3 Å². The van der Waals surface area contributed by atoms with Gasteiger partial charge in [0.1, 0.15) is 0 Å². The number of rotatable bonds is 7. The average Bonchev–Trinajstić information content (AvgIpc) is 3.13. The highest BCUT2D eigenvalue weighted by Gasteiger charge is 2.32. The number of carbonyl (C=O) groups excluding carboxylic acids is 1. The van der Waals surface area contributed by atoms with Crippen molar-refractivity contribution in [3.63, 3.8) is 0 Å². The number of hydrogen-bond acceptors (Lipinski definition) is 4. The zero-order chi connectivity index (χ0) is 21.0. The minimum absolute atomic E-state index is 0.0300. The molecular formula is C23H32ClN3O2. The predicted molar refractivity (Wildman–Crippen MR) is 117 cm³/mol. The first-order valence-electron chi connectivity index (χ1n) is 10.5. The van der Waals surface area contributed by atoms with Gasteiger partial charge in [-0.3, -0.25) is 9.69 Å². The van der Waals surface area contributed by atoms with Crippen LogP contribution in [0, 0.1) is 11.8 Å². The summed E-state index contributed by atoms with van der Waals surface area (Å²) in [7, 11) is 0. The Labute approximate surface area is 178 Å². The van der Waals surface area contributed by atoms with Gasteiger partial charge in [0.15, 0.2) is 11.7 Å². The average molecular weight is 418 g/mol. The van der Waals surface area contributed by atoms with E-state index in [0.717, 1.165) is 18.7 Å². The first-order valence-corrected chi connectivity index (χ1v) is 10.8. The van der Waals surface area contributed by atoms with Crippen LogP contribution in [-0.4, -0.2) is 41.0 Å². The summed E-state index contributed by atoms with van der Waals surface area (Å²) >= 11 is 5.92. The van der Waals surface area contributed by atoms with Crippen molar-refractivity contribution in [2.75, 3.05) is 19.6 Å². The van der Waals surface area contributed by atoms with E-state index in [0.29, 0.717) is 47.9 Å². The van der Waals surface area contributed by atoms with Crippen LogP contribution in [0.25, 0.3) is 11.3 Å². The van der Waals surface area contributed by atoms with Crippen molar-refractivity contribution >= 4 is 17.5 Å². The number of halogens is 1. The number of benzene rings is 1. The van der Waals surface area contributed by atoms with Crippen molar-refractivity contribution in [1.29, 1.82) is 0 Å². The number of oxazole rings is 1. The topological polar surface area (TPSA) is 58.4 Å².